The van der Waals surface area contributed by atoms with E-state index < -0.39 is 0 Å². The third kappa shape index (κ3) is 3.34. The van der Waals surface area contributed by atoms with Crippen molar-refractivity contribution >= 4 is 0 Å². The summed E-state index contributed by atoms with van der Waals surface area (Å²) in [6, 6.07) is 0. The van der Waals surface area contributed by atoms with E-state index in [4.69, 9.17) is 0 Å². The Morgan fingerprint density at radius 3 is 2.67 bits per heavy atom. The first-order valence-electron chi connectivity index (χ1n) is 3.90. The van der Waals surface area contributed by atoms with Gasteiger partial charge in [-0.1, -0.05) is 37.8 Å². The van der Waals surface area contributed by atoms with Gasteiger partial charge in [-0.15, -0.1) is 0 Å². The topological polar surface area (TPSA) is 0 Å². The summed E-state index contributed by atoms with van der Waals surface area (Å²) in [6.07, 6.45) is 10.2. The van der Waals surface area contributed by atoms with E-state index in [1.807, 2.05) is 0 Å². The van der Waals surface area contributed by atoms with Crippen LogP contribution in [0, 0.1) is 6.92 Å². The average molecular weight is 123 g/mol. The Morgan fingerprint density at radius 2 is 2.11 bits per heavy atom. The normalized spacial score (nSPS) is 15.4. The van der Waals surface area contributed by atoms with Crippen LogP contribution in [-0.2, 0) is 0 Å². The first-order valence-corrected chi connectivity index (χ1v) is 3.90. The van der Waals surface area contributed by atoms with Gasteiger partial charge >= 0.3 is 0 Å². The molecule has 0 aromatic rings. The minimum absolute atomic E-state index is 1.11. The zero-order chi connectivity index (χ0) is 6.53. The quantitative estimate of drug-likeness (QED) is 0.389. The molecular formula is C9H15. The van der Waals surface area contributed by atoms with Crippen LogP contribution >= 0.6 is 0 Å². The molecule has 0 aromatic heterocycles. The molecule has 0 fully saturated rings. The Balaban J connectivity index is 1.76. The first-order chi connectivity index (χ1) is 4.43. The Bertz CT molecular complexity index is 101. The summed E-state index contributed by atoms with van der Waals surface area (Å²) in [5.41, 5.74) is 1.68. The fourth-order valence-electron chi connectivity index (χ4n) is 0.982. The molecule has 0 amide bonds. The summed E-state index contributed by atoms with van der Waals surface area (Å²) in [5, 5.41) is 0. The second-order valence-electron chi connectivity index (χ2n) is 2.73. The van der Waals surface area contributed by atoms with Crippen LogP contribution in [0.15, 0.2) is 11.6 Å². The molecule has 1 radical (unpaired) electrons. The van der Waals surface area contributed by atoms with Gasteiger partial charge in [-0.05, 0) is 19.3 Å². The molecule has 0 heteroatoms. The lowest BCUT2D eigenvalue weighted by Gasteiger charge is -1.93. The van der Waals surface area contributed by atoms with E-state index in [0.717, 1.165) is 6.42 Å². The highest BCUT2D eigenvalue weighted by Gasteiger charge is 2.04. The molecule has 0 saturated heterocycles. The zero-order valence-electron chi connectivity index (χ0n) is 6.03. The fraction of sp³-hybridized carbons (Fsp3) is 0.667. The maximum absolute atomic E-state index is 3.80. The Hall–Kier alpha value is -0.260. The van der Waals surface area contributed by atoms with Crippen molar-refractivity contribution in [1.82, 2.24) is 0 Å². The molecule has 0 heterocycles. The fourth-order valence-corrected chi connectivity index (χ4v) is 0.982. The van der Waals surface area contributed by atoms with E-state index in [1.165, 1.54) is 32.1 Å². The predicted molar refractivity (Wildman–Crippen MR) is 41.1 cm³/mol. The monoisotopic (exact) mass is 123 g/mol. The Morgan fingerprint density at radius 1 is 1.33 bits per heavy atom. The maximum atomic E-state index is 3.80. The minimum atomic E-state index is 1.11. The molecule has 1 rings (SSSR count). The summed E-state index contributed by atoms with van der Waals surface area (Å²) in [7, 11) is 0. The summed E-state index contributed by atoms with van der Waals surface area (Å²) < 4.78 is 0. The van der Waals surface area contributed by atoms with E-state index in [2.05, 4.69) is 13.0 Å². The van der Waals surface area contributed by atoms with Gasteiger partial charge in [-0.2, -0.15) is 0 Å². The van der Waals surface area contributed by atoms with Crippen molar-refractivity contribution in [3.05, 3.63) is 18.6 Å². The third-order valence-corrected chi connectivity index (χ3v) is 1.74. The van der Waals surface area contributed by atoms with Gasteiger partial charge in [0.05, 0.1) is 0 Å². The van der Waals surface area contributed by atoms with Crippen molar-refractivity contribution in [2.45, 2.75) is 38.5 Å². The molecule has 1 aliphatic carbocycles. The van der Waals surface area contributed by atoms with Crippen LogP contribution in [0.25, 0.3) is 0 Å². The average Bonchev–Trinajstić information content (AvgIpc) is 2.63. The molecule has 0 atom stereocenters. The summed E-state index contributed by atoms with van der Waals surface area (Å²) in [6.45, 7) is 3.80. The van der Waals surface area contributed by atoms with E-state index in [9.17, 15) is 0 Å². The van der Waals surface area contributed by atoms with Crippen molar-refractivity contribution in [2.24, 2.45) is 0 Å². The standard InChI is InChI=1S/C9H15/c1-2-3-4-5-6-9-7-8-9/h7H,1-6,8H2. The maximum Gasteiger partial charge on any atom is -0.0136 e. The second-order valence-corrected chi connectivity index (χ2v) is 2.73. The van der Waals surface area contributed by atoms with Crippen molar-refractivity contribution in [3.63, 3.8) is 0 Å². The lowest BCUT2D eigenvalue weighted by Crippen LogP contribution is -1.74. The van der Waals surface area contributed by atoms with E-state index in [1.54, 1.807) is 5.57 Å². The van der Waals surface area contributed by atoms with E-state index >= 15 is 0 Å². The van der Waals surface area contributed by atoms with Gasteiger partial charge in [-0.25, -0.2) is 0 Å². The van der Waals surface area contributed by atoms with Crippen LogP contribution in [0.1, 0.15) is 38.5 Å². The molecule has 0 nitrogen and oxygen atoms in total. The Labute approximate surface area is 58.0 Å². The molecule has 0 unspecified atom stereocenters. The third-order valence-electron chi connectivity index (χ3n) is 1.74. The van der Waals surface area contributed by atoms with Gasteiger partial charge in [-0.3, -0.25) is 0 Å². The van der Waals surface area contributed by atoms with Crippen LogP contribution < -0.4 is 0 Å². The minimum Gasteiger partial charge on any atom is -0.0810 e. The van der Waals surface area contributed by atoms with Crippen LogP contribution in [0.4, 0.5) is 0 Å². The highest BCUT2D eigenvalue weighted by atomic mass is 14.1. The summed E-state index contributed by atoms with van der Waals surface area (Å²) in [5.74, 6) is 0. The molecule has 1 aliphatic rings. The van der Waals surface area contributed by atoms with Crippen molar-refractivity contribution in [1.29, 1.82) is 0 Å². The number of rotatable bonds is 5. The Kier molecular flexibility index (Phi) is 2.82. The van der Waals surface area contributed by atoms with Gasteiger partial charge in [0.15, 0.2) is 0 Å². The van der Waals surface area contributed by atoms with Gasteiger partial charge in [0.2, 0.25) is 0 Å². The van der Waals surface area contributed by atoms with Crippen LogP contribution in [0.5, 0.6) is 0 Å². The number of hydrogen-bond acceptors (Lipinski definition) is 0. The van der Waals surface area contributed by atoms with Crippen molar-refractivity contribution < 1.29 is 0 Å². The van der Waals surface area contributed by atoms with E-state index in [-0.39, 0.29) is 0 Å². The zero-order valence-corrected chi connectivity index (χ0v) is 6.03. The molecule has 0 spiro atoms. The molecule has 0 saturated carbocycles. The number of unbranched alkanes of at least 4 members (excludes halogenated alkanes) is 3. The van der Waals surface area contributed by atoms with Gasteiger partial charge in [0.25, 0.3) is 0 Å². The van der Waals surface area contributed by atoms with Crippen molar-refractivity contribution in [3.8, 4) is 0 Å². The molecular weight excluding hydrogens is 108 g/mol. The molecule has 51 valence electrons. The lowest BCUT2D eigenvalue weighted by atomic mass is 10.1. The SMILES string of the molecule is [CH2]CCCCCC1=CC1. The van der Waals surface area contributed by atoms with Gasteiger partial charge in [0, 0.05) is 0 Å². The second kappa shape index (κ2) is 3.71. The smallest absolute Gasteiger partial charge is 0.0136 e. The highest BCUT2D eigenvalue weighted by molar-refractivity contribution is 5.21. The highest BCUT2D eigenvalue weighted by Crippen LogP contribution is 2.24. The summed E-state index contributed by atoms with van der Waals surface area (Å²) in [4.78, 5) is 0. The van der Waals surface area contributed by atoms with E-state index in [0.29, 0.717) is 0 Å². The number of hydrogen-bond donors (Lipinski definition) is 0. The summed E-state index contributed by atoms with van der Waals surface area (Å²) >= 11 is 0. The molecule has 0 N–H and O–H groups in total. The van der Waals surface area contributed by atoms with Crippen LogP contribution in [0.3, 0.4) is 0 Å². The van der Waals surface area contributed by atoms with Gasteiger partial charge < -0.3 is 0 Å². The first kappa shape index (κ1) is 6.85. The largest absolute Gasteiger partial charge is 0.0810 e. The van der Waals surface area contributed by atoms with Crippen LogP contribution in [-0.4, -0.2) is 0 Å². The predicted octanol–water partition coefficient (Wildman–Crippen LogP) is 3.10. The molecule has 0 aliphatic heterocycles. The lowest BCUT2D eigenvalue weighted by molar-refractivity contribution is 0.688. The molecule has 0 bridgehead atoms. The molecule has 9 heavy (non-hydrogen) atoms. The van der Waals surface area contributed by atoms with Crippen LogP contribution in [0.2, 0.25) is 0 Å². The van der Waals surface area contributed by atoms with Gasteiger partial charge in [0.1, 0.15) is 0 Å². The number of allylic oxidation sites excluding steroid dienone is 2. The molecule has 0 aromatic carbocycles. The van der Waals surface area contributed by atoms with Crippen molar-refractivity contribution in [2.75, 3.05) is 0 Å².